The molecule has 37 heavy (non-hydrogen) atoms. The quantitative estimate of drug-likeness (QED) is 0.187. The zero-order valence-corrected chi connectivity index (χ0v) is 22.3. The number of carboxylic acids is 1. The summed E-state index contributed by atoms with van der Waals surface area (Å²) in [6.45, 7) is 2.61. The molecule has 2 heterocycles. The molecule has 0 bridgehead atoms. The third-order valence-electron chi connectivity index (χ3n) is 3.21. The van der Waals surface area contributed by atoms with Crippen LogP contribution in [0.1, 0.15) is 27.3 Å². The summed E-state index contributed by atoms with van der Waals surface area (Å²) in [4.78, 5) is 20.3. The van der Waals surface area contributed by atoms with Gasteiger partial charge in [-0.3, -0.25) is 14.2 Å². The second-order valence-corrected chi connectivity index (χ2v) is 5.96. The minimum atomic E-state index is -4.98. The molecule has 0 radical (unpaired) electrons. The number of nitriles is 2. The van der Waals surface area contributed by atoms with Gasteiger partial charge in [-0.1, -0.05) is 6.58 Å². The van der Waals surface area contributed by atoms with E-state index in [9.17, 15) is 49.1 Å². The molecule has 2 aromatic heterocycles. The summed E-state index contributed by atoms with van der Waals surface area (Å²) in [5.41, 5.74) is -4.89. The van der Waals surface area contributed by atoms with Gasteiger partial charge in [0.25, 0.3) is 5.78 Å². The second kappa shape index (κ2) is 14.7. The van der Waals surface area contributed by atoms with Crippen LogP contribution in [0.5, 0.6) is 0 Å². The number of carbonyl (C=O) groups excluding carboxylic acids is 1. The highest BCUT2D eigenvalue weighted by molar-refractivity contribution is 15.0. The van der Waals surface area contributed by atoms with Crippen LogP contribution in [0, 0.1) is 22.7 Å². The third-order valence-corrected chi connectivity index (χ3v) is 3.21. The lowest BCUT2D eigenvalue weighted by Crippen LogP contribution is -2.23. The van der Waals surface area contributed by atoms with E-state index in [1.807, 2.05) is 0 Å². The number of alkyl halides is 9. The molecule has 1 N–H and O–H groups in total. The van der Waals surface area contributed by atoms with Gasteiger partial charge in [-0.2, -0.15) is 60.2 Å². The van der Waals surface area contributed by atoms with Gasteiger partial charge in [-0.05, 0) is 0 Å². The van der Waals surface area contributed by atoms with Crippen LogP contribution in [-0.2, 0) is 31.2 Å². The van der Waals surface area contributed by atoms with Crippen molar-refractivity contribution in [2.75, 3.05) is 0 Å². The van der Waals surface area contributed by atoms with Gasteiger partial charge in [0.15, 0.2) is 11.4 Å². The van der Waals surface area contributed by atoms with E-state index in [1.54, 1.807) is 0 Å². The molecule has 20 heteroatoms. The van der Waals surface area contributed by atoms with Crippen molar-refractivity contribution in [1.29, 1.82) is 10.5 Å². The summed E-state index contributed by atoms with van der Waals surface area (Å²) in [5, 5.41) is 30.6. The fourth-order valence-electron chi connectivity index (χ4n) is 1.86. The Balaban J connectivity index is 0. The van der Waals surface area contributed by atoms with Gasteiger partial charge in [0.1, 0.15) is 23.3 Å². The van der Waals surface area contributed by atoms with E-state index < -0.39 is 58.4 Å². The Kier molecular flexibility index (Phi) is 14.5. The number of hydrogen-bond acceptors (Lipinski definition) is 6. The Bertz CT molecular complexity index is 1190. The molecule has 0 atom stereocenters. The van der Waals surface area contributed by atoms with Crippen LogP contribution >= 0.6 is 37.2 Å². The Morgan fingerprint density at radius 2 is 1.32 bits per heavy atom. The number of hydrogen-bond donors (Lipinski definition) is 1. The molecule has 0 spiro atoms. The zero-order valence-electron chi connectivity index (χ0n) is 18.0. The normalized spacial score (nSPS) is 10.7. The summed E-state index contributed by atoms with van der Waals surface area (Å²) in [7, 11) is 2.55. The average molecular weight is 772 g/mol. The number of aryl methyl sites for hydroxylation is 2. The Labute approximate surface area is 224 Å². The number of halogens is 11. The molecule has 0 fully saturated rings. The first-order valence-corrected chi connectivity index (χ1v) is 14.6. The van der Waals surface area contributed by atoms with Crippen molar-refractivity contribution in [2.45, 2.75) is 18.5 Å². The number of allylic oxidation sites excluding steroid dienone is 1. The Hall–Kier alpha value is -2.89. The molecule has 204 valence electrons. The van der Waals surface area contributed by atoms with Gasteiger partial charge in [0, 0.05) is 63.7 Å². The number of carboxylic acid groups (broad SMARTS) is 1. The van der Waals surface area contributed by atoms with Gasteiger partial charge < -0.3 is 5.11 Å². The van der Waals surface area contributed by atoms with E-state index in [0.717, 1.165) is 27.8 Å². The Morgan fingerprint density at radius 3 is 1.57 bits per heavy atom. The lowest BCUT2D eigenvalue weighted by atomic mass is 10.2. The molecule has 0 aliphatic rings. The summed E-state index contributed by atoms with van der Waals surface area (Å²) in [6.07, 6.45) is -12.4. The van der Waals surface area contributed by atoms with E-state index in [2.05, 4.69) is 54.0 Å². The molecular formula is C17H11F9I2N6O3. The van der Waals surface area contributed by atoms with Crippen molar-refractivity contribution in [3.8, 4) is 12.1 Å². The molecule has 0 aromatic carbocycles. The minimum absolute atomic E-state index is 0.454. The summed E-state index contributed by atoms with van der Waals surface area (Å²) in [5.74, 6) is -3.82. The van der Waals surface area contributed by atoms with Crippen LogP contribution in [0.25, 0.3) is 0 Å². The largest absolute Gasteiger partial charge is 0.478 e. The van der Waals surface area contributed by atoms with E-state index in [4.69, 9.17) is 15.6 Å². The fraction of sp³-hybridized carbons (Fsp3) is 0.294. The number of aromatic nitrogens is 4. The fourth-order valence-corrected chi connectivity index (χ4v) is 1.86. The predicted octanol–water partition coefficient (Wildman–Crippen LogP) is 5.42. The highest BCUT2D eigenvalue weighted by atomic mass is 128. The van der Waals surface area contributed by atoms with Gasteiger partial charge in [0.05, 0.1) is 5.57 Å². The lowest BCUT2D eigenvalue weighted by molar-refractivity contribution is -0.166. The average Bonchev–Trinajstić information content (AvgIpc) is 3.37. The van der Waals surface area contributed by atoms with Crippen molar-refractivity contribution in [2.24, 2.45) is 14.1 Å². The molecule has 9 nitrogen and oxygen atoms in total. The molecule has 0 saturated carbocycles. The van der Waals surface area contributed by atoms with E-state index in [-0.39, 0.29) is 0 Å². The first kappa shape index (κ1) is 36.3. The van der Waals surface area contributed by atoms with Gasteiger partial charge in [0.2, 0.25) is 0 Å². The Morgan fingerprint density at radius 1 is 0.919 bits per heavy atom. The molecule has 2 rings (SSSR count). The van der Waals surface area contributed by atoms with Crippen molar-refractivity contribution in [3.63, 3.8) is 0 Å². The van der Waals surface area contributed by atoms with E-state index in [0.29, 0.717) is 0 Å². The number of carbonyl (C=O) groups is 2. The van der Waals surface area contributed by atoms with Crippen molar-refractivity contribution in [1.82, 2.24) is 19.6 Å². The molecule has 0 amide bonds. The standard InChI is InChI=1S/C6H4F3N3.C6H5F3N2O2.C5H2F3NO.I2/c1-12-3-4(2-10)5(11-12)6(7,8)9;1-11-2-3(5(12)13)4(10-11)6(7,8)9;1-3(2-9)4(10)5(6,7)8;1-2/h3H,1H3;2H,1H3,(H,12,13);1H2;. The predicted molar refractivity (Wildman–Crippen MR) is 122 cm³/mol. The maximum absolute atomic E-state index is 12.1. The second-order valence-electron chi connectivity index (χ2n) is 5.96. The van der Waals surface area contributed by atoms with E-state index in [1.165, 1.54) is 20.2 Å². The summed E-state index contributed by atoms with van der Waals surface area (Å²) >= 11 is 4.24. The van der Waals surface area contributed by atoms with Gasteiger partial charge in [-0.15, -0.1) is 0 Å². The zero-order chi connectivity index (χ0) is 29.9. The number of rotatable bonds is 2. The molecule has 0 aliphatic heterocycles. The molecular weight excluding hydrogens is 761 g/mol. The molecule has 0 aliphatic carbocycles. The van der Waals surface area contributed by atoms with Crippen LogP contribution in [0.2, 0.25) is 0 Å². The van der Waals surface area contributed by atoms with Gasteiger partial charge >= 0.3 is 24.5 Å². The third kappa shape index (κ3) is 12.3. The maximum Gasteiger partial charge on any atom is 0.455 e. The first-order valence-electron chi connectivity index (χ1n) is 8.36. The van der Waals surface area contributed by atoms with E-state index >= 15 is 0 Å². The van der Waals surface area contributed by atoms with Crippen molar-refractivity contribution >= 4 is 49.0 Å². The van der Waals surface area contributed by atoms with Crippen LogP contribution in [0.3, 0.4) is 0 Å². The number of Topliss-reactive ketones (excluding diaryl/α,β-unsaturated/α-hetero) is 1. The van der Waals surface area contributed by atoms with Gasteiger partial charge in [-0.25, -0.2) is 4.79 Å². The van der Waals surface area contributed by atoms with Crippen LogP contribution in [0.15, 0.2) is 24.5 Å². The highest BCUT2D eigenvalue weighted by Gasteiger charge is 2.40. The van der Waals surface area contributed by atoms with Crippen molar-refractivity contribution in [3.05, 3.63) is 47.1 Å². The molecule has 2 aromatic rings. The number of nitrogens with zero attached hydrogens (tertiary/aromatic N) is 6. The smallest absolute Gasteiger partial charge is 0.455 e. The number of aromatic carboxylic acids is 1. The van der Waals surface area contributed by atoms with Crippen LogP contribution in [0.4, 0.5) is 39.5 Å². The highest BCUT2D eigenvalue weighted by Crippen LogP contribution is 2.31. The topological polar surface area (TPSA) is 138 Å². The number of ketones is 1. The van der Waals surface area contributed by atoms with Crippen LogP contribution < -0.4 is 0 Å². The summed E-state index contributed by atoms with van der Waals surface area (Å²) < 4.78 is 108. The van der Waals surface area contributed by atoms with Crippen LogP contribution in [-0.4, -0.2) is 42.6 Å². The van der Waals surface area contributed by atoms with Crippen molar-refractivity contribution < 1.29 is 54.2 Å². The SMILES string of the molecule is C=C(C#N)C(=O)C(F)(F)F.Cn1cc(C#N)c(C(F)(F)F)n1.Cn1cc(C(=O)O)c(C(F)(F)F)n1.II. The maximum atomic E-state index is 12.1. The lowest BCUT2D eigenvalue weighted by Gasteiger charge is -2.02. The monoisotopic (exact) mass is 772 g/mol. The molecule has 0 unspecified atom stereocenters. The first-order chi connectivity index (χ1) is 16.7. The molecule has 0 saturated heterocycles. The summed E-state index contributed by atoms with van der Waals surface area (Å²) in [6, 6.07) is 2.43. The minimum Gasteiger partial charge on any atom is -0.478 e.